The Hall–Kier alpha value is -2.02. The monoisotopic (exact) mass is 220 g/mol. The topological polar surface area (TPSA) is 91.2 Å². The number of hydrogen-bond acceptors (Lipinski definition) is 5. The third-order valence-corrected chi connectivity index (χ3v) is 2.12. The van der Waals surface area contributed by atoms with Gasteiger partial charge in [-0.05, 0) is 23.2 Å². The van der Waals surface area contributed by atoms with Gasteiger partial charge >= 0.3 is 13.0 Å². The van der Waals surface area contributed by atoms with Crippen LogP contribution in [0, 0.1) is 0 Å². The highest BCUT2D eigenvalue weighted by atomic mass is 16.5. The molecule has 2 rings (SSSR count). The molecule has 0 amide bonds. The van der Waals surface area contributed by atoms with Gasteiger partial charge in [-0.15, -0.1) is 0 Å². The summed E-state index contributed by atoms with van der Waals surface area (Å²) < 4.78 is 5.00. The summed E-state index contributed by atoms with van der Waals surface area (Å²) in [5.74, 6) is -0.643. The van der Waals surface area contributed by atoms with E-state index in [1.807, 2.05) is 0 Å². The number of benzene rings is 1. The van der Waals surface area contributed by atoms with E-state index in [1.165, 1.54) is 0 Å². The second-order valence-electron chi connectivity index (χ2n) is 3.26. The molecule has 3 N–H and O–H groups in total. The normalized spacial score (nSPS) is 12.9. The van der Waals surface area contributed by atoms with E-state index in [4.69, 9.17) is 9.84 Å². The van der Waals surface area contributed by atoms with Gasteiger partial charge in [0, 0.05) is 0 Å². The fourth-order valence-electron chi connectivity index (χ4n) is 1.39. The van der Waals surface area contributed by atoms with Gasteiger partial charge in [-0.1, -0.05) is 6.07 Å². The quantitative estimate of drug-likeness (QED) is 0.555. The number of carboxylic acids is 1. The summed E-state index contributed by atoms with van der Waals surface area (Å²) in [6.45, 7) is -0.406. The molecule has 0 aromatic heterocycles. The van der Waals surface area contributed by atoms with Gasteiger partial charge in [0.2, 0.25) is 0 Å². The van der Waals surface area contributed by atoms with E-state index < -0.39 is 19.6 Å². The molecule has 0 unspecified atom stereocenters. The molecule has 7 heteroatoms. The molecule has 0 aliphatic carbocycles. The lowest BCUT2D eigenvalue weighted by Crippen LogP contribution is -2.46. The van der Waals surface area contributed by atoms with E-state index in [2.05, 4.69) is 10.4 Å². The van der Waals surface area contributed by atoms with Crippen molar-refractivity contribution in [2.75, 3.05) is 6.61 Å². The van der Waals surface area contributed by atoms with E-state index in [9.17, 15) is 9.82 Å². The van der Waals surface area contributed by atoms with Crippen molar-refractivity contribution >= 4 is 24.7 Å². The van der Waals surface area contributed by atoms with Gasteiger partial charge in [-0.3, -0.25) is 0 Å². The van der Waals surface area contributed by atoms with Crippen LogP contribution in [-0.2, 0) is 4.79 Å². The number of carbonyl (C=O) groups is 1. The van der Waals surface area contributed by atoms with Crippen LogP contribution in [0.2, 0.25) is 0 Å². The van der Waals surface area contributed by atoms with Gasteiger partial charge in [0.1, 0.15) is 5.75 Å². The van der Waals surface area contributed by atoms with Crippen LogP contribution in [0.3, 0.4) is 0 Å². The van der Waals surface area contributed by atoms with Gasteiger partial charge < -0.3 is 20.2 Å². The summed E-state index contributed by atoms with van der Waals surface area (Å²) in [5.41, 5.74) is 1.38. The molecule has 0 spiro atoms. The minimum absolute atomic E-state index is 0.400. The number of hydrogen-bond donors (Lipinski definition) is 3. The molecule has 82 valence electrons. The molecule has 0 bridgehead atoms. The average Bonchev–Trinajstić information content (AvgIpc) is 2.27. The highest BCUT2D eigenvalue weighted by Crippen LogP contribution is 2.11. The van der Waals surface area contributed by atoms with Crippen molar-refractivity contribution in [3.63, 3.8) is 0 Å². The van der Waals surface area contributed by atoms with Crippen LogP contribution in [0.5, 0.6) is 5.75 Å². The largest absolute Gasteiger partial charge is 0.482 e. The number of nitrogens with zero attached hydrogens (tertiary/aromatic N) is 1. The van der Waals surface area contributed by atoms with Crippen LogP contribution in [0.15, 0.2) is 23.3 Å². The summed E-state index contributed by atoms with van der Waals surface area (Å²) in [5, 5.41) is 24.3. The zero-order chi connectivity index (χ0) is 11.5. The zero-order valence-electron chi connectivity index (χ0n) is 8.25. The molecular weight excluding hydrogens is 211 g/mol. The molecule has 0 fully saturated rings. The van der Waals surface area contributed by atoms with Gasteiger partial charge in [-0.25, -0.2) is 4.79 Å². The molecule has 16 heavy (non-hydrogen) atoms. The number of fused-ring (bicyclic) bond motifs is 1. The van der Waals surface area contributed by atoms with Gasteiger partial charge in [0.15, 0.2) is 6.61 Å². The summed E-state index contributed by atoms with van der Waals surface area (Å²) in [4.78, 5) is 10.3. The SMILES string of the molecule is O=C(O)COc1ccc2c(c1)B(O)NN=C2. The Morgan fingerprint density at radius 1 is 1.56 bits per heavy atom. The number of hydrazone groups is 1. The fraction of sp³-hybridized carbons (Fsp3) is 0.111. The summed E-state index contributed by atoms with van der Waals surface area (Å²) in [7, 11) is -0.895. The molecular formula is C9H9BN2O4. The van der Waals surface area contributed by atoms with E-state index in [1.54, 1.807) is 24.4 Å². The van der Waals surface area contributed by atoms with Crippen molar-refractivity contribution in [2.24, 2.45) is 5.10 Å². The van der Waals surface area contributed by atoms with E-state index in [-0.39, 0.29) is 0 Å². The Morgan fingerprint density at radius 3 is 3.12 bits per heavy atom. The van der Waals surface area contributed by atoms with E-state index in [0.717, 1.165) is 5.56 Å². The predicted molar refractivity (Wildman–Crippen MR) is 57.9 cm³/mol. The van der Waals surface area contributed by atoms with Crippen LogP contribution in [0.4, 0.5) is 0 Å². The Balaban J connectivity index is 2.21. The van der Waals surface area contributed by atoms with Crippen LogP contribution in [0.25, 0.3) is 0 Å². The highest BCUT2D eigenvalue weighted by molar-refractivity contribution is 6.65. The van der Waals surface area contributed by atoms with Crippen molar-refractivity contribution in [3.8, 4) is 5.75 Å². The van der Waals surface area contributed by atoms with Crippen LogP contribution < -0.4 is 15.5 Å². The minimum atomic E-state index is -1.04. The number of nitrogens with one attached hydrogen (secondary N) is 1. The van der Waals surface area contributed by atoms with Gasteiger partial charge in [-0.2, -0.15) is 5.10 Å². The summed E-state index contributed by atoms with van der Waals surface area (Å²) >= 11 is 0. The van der Waals surface area contributed by atoms with Crippen LogP contribution in [-0.4, -0.2) is 36.0 Å². The lowest BCUT2D eigenvalue weighted by atomic mass is 9.72. The number of ether oxygens (including phenoxy) is 1. The standard InChI is InChI=1S/C9H9BN2O4/c13-9(14)5-16-7-2-1-6-4-11-12-10(15)8(6)3-7/h1-4,12,15H,5H2,(H,13,14). The molecule has 0 radical (unpaired) electrons. The maximum absolute atomic E-state index is 10.3. The van der Waals surface area contributed by atoms with E-state index in [0.29, 0.717) is 11.2 Å². The smallest absolute Gasteiger partial charge is 0.464 e. The average molecular weight is 220 g/mol. The van der Waals surface area contributed by atoms with Crippen molar-refractivity contribution in [1.29, 1.82) is 0 Å². The third kappa shape index (κ3) is 2.14. The van der Waals surface area contributed by atoms with Crippen LogP contribution in [0.1, 0.15) is 5.56 Å². The second kappa shape index (κ2) is 4.24. The third-order valence-electron chi connectivity index (χ3n) is 2.12. The Kier molecular flexibility index (Phi) is 2.78. The minimum Gasteiger partial charge on any atom is -0.482 e. The Morgan fingerprint density at radius 2 is 2.38 bits per heavy atom. The first-order valence-corrected chi connectivity index (χ1v) is 4.62. The number of aliphatic carboxylic acids is 1. The molecule has 1 heterocycles. The van der Waals surface area contributed by atoms with Crippen LogP contribution >= 0.6 is 0 Å². The van der Waals surface area contributed by atoms with Gasteiger partial charge in [0.05, 0.1) is 6.21 Å². The predicted octanol–water partition coefficient (Wildman–Crippen LogP) is -1.23. The first-order chi connectivity index (χ1) is 7.66. The maximum atomic E-state index is 10.3. The Bertz CT molecular complexity index is 449. The highest BCUT2D eigenvalue weighted by Gasteiger charge is 2.21. The second-order valence-corrected chi connectivity index (χ2v) is 3.26. The zero-order valence-corrected chi connectivity index (χ0v) is 8.25. The molecule has 1 aromatic rings. The molecule has 0 atom stereocenters. The van der Waals surface area contributed by atoms with Crippen molar-refractivity contribution in [3.05, 3.63) is 23.8 Å². The fourth-order valence-corrected chi connectivity index (χ4v) is 1.39. The molecule has 6 nitrogen and oxygen atoms in total. The van der Waals surface area contributed by atoms with Crippen molar-refractivity contribution in [1.82, 2.24) is 5.34 Å². The first-order valence-electron chi connectivity index (χ1n) is 4.62. The molecule has 0 saturated heterocycles. The Labute approximate surface area is 91.7 Å². The summed E-state index contributed by atoms with van der Waals surface area (Å²) in [6, 6.07) is 4.92. The molecule has 1 aliphatic rings. The van der Waals surface area contributed by atoms with Gasteiger partial charge in [0.25, 0.3) is 0 Å². The number of carboxylic acid groups (broad SMARTS) is 1. The molecule has 0 saturated carbocycles. The van der Waals surface area contributed by atoms with E-state index >= 15 is 0 Å². The van der Waals surface area contributed by atoms with Crippen molar-refractivity contribution < 1.29 is 19.7 Å². The lowest BCUT2D eigenvalue weighted by Gasteiger charge is -2.15. The molecule has 1 aromatic carbocycles. The maximum Gasteiger partial charge on any atom is 0.464 e. The lowest BCUT2D eigenvalue weighted by molar-refractivity contribution is -0.139. The van der Waals surface area contributed by atoms with Crippen molar-refractivity contribution in [2.45, 2.75) is 0 Å². The molecule has 1 aliphatic heterocycles. The number of rotatable bonds is 3. The first kappa shape index (κ1) is 10.5. The summed E-state index contributed by atoms with van der Waals surface area (Å²) in [6.07, 6.45) is 1.57.